The highest BCUT2D eigenvalue weighted by molar-refractivity contribution is 5.20. The van der Waals surface area contributed by atoms with Crippen molar-refractivity contribution in [2.75, 3.05) is 13.6 Å². The van der Waals surface area contributed by atoms with Gasteiger partial charge >= 0.3 is 0 Å². The highest BCUT2D eigenvalue weighted by Crippen LogP contribution is 2.64. The minimum atomic E-state index is 0.743. The van der Waals surface area contributed by atoms with Crippen LogP contribution in [0.3, 0.4) is 0 Å². The zero-order valence-electron chi connectivity index (χ0n) is 8.50. The smallest absolute Gasteiger partial charge is 0.0390 e. The Morgan fingerprint density at radius 2 is 1.38 bits per heavy atom. The summed E-state index contributed by atoms with van der Waals surface area (Å²) >= 11 is 0. The van der Waals surface area contributed by atoms with Gasteiger partial charge in [0.1, 0.15) is 0 Å². The maximum Gasteiger partial charge on any atom is 0.0390 e. The van der Waals surface area contributed by atoms with E-state index in [2.05, 4.69) is 11.9 Å². The molecule has 1 saturated heterocycles. The van der Waals surface area contributed by atoms with E-state index in [1.54, 1.807) is 32.1 Å². The third-order valence-corrected chi connectivity index (χ3v) is 5.65. The van der Waals surface area contributed by atoms with Crippen LogP contribution in [0.15, 0.2) is 0 Å². The summed E-state index contributed by atoms with van der Waals surface area (Å²) in [5.74, 6) is 4.49. The fraction of sp³-hybridized carbons (Fsp3) is 1.00. The molecule has 5 aliphatic rings. The van der Waals surface area contributed by atoms with E-state index in [4.69, 9.17) is 0 Å². The molecule has 1 nitrogen and oxygen atoms in total. The van der Waals surface area contributed by atoms with E-state index in [1.807, 2.05) is 0 Å². The Bertz CT molecular complexity index is 230. The second-order valence-corrected chi connectivity index (χ2v) is 6.15. The number of likely N-dealkylation sites (N-methyl/N-ethyl adjacent to an activating group) is 1. The van der Waals surface area contributed by atoms with Gasteiger partial charge in [0.25, 0.3) is 0 Å². The first-order valence-electron chi connectivity index (χ1n) is 6.00. The molecule has 5 fully saturated rings. The first-order valence-corrected chi connectivity index (χ1v) is 6.00. The van der Waals surface area contributed by atoms with E-state index >= 15 is 0 Å². The molecule has 0 radical (unpaired) electrons. The van der Waals surface area contributed by atoms with Gasteiger partial charge in [0.05, 0.1) is 0 Å². The van der Waals surface area contributed by atoms with Crippen molar-refractivity contribution in [3.05, 3.63) is 0 Å². The summed E-state index contributed by atoms with van der Waals surface area (Å²) in [4.78, 5) is 2.65. The van der Waals surface area contributed by atoms with Gasteiger partial charge in [-0.1, -0.05) is 0 Å². The van der Waals surface area contributed by atoms with E-state index in [0.717, 1.165) is 29.2 Å². The lowest BCUT2D eigenvalue weighted by Gasteiger charge is -2.55. The van der Waals surface area contributed by atoms with Crippen LogP contribution in [0.1, 0.15) is 32.1 Å². The van der Waals surface area contributed by atoms with E-state index < -0.39 is 0 Å². The average molecular weight is 177 g/mol. The Morgan fingerprint density at radius 1 is 0.923 bits per heavy atom. The van der Waals surface area contributed by atoms with E-state index in [0.29, 0.717) is 0 Å². The molecule has 1 heterocycles. The van der Waals surface area contributed by atoms with Crippen LogP contribution in [0.2, 0.25) is 0 Å². The highest BCUT2D eigenvalue weighted by Gasteiger charge is 2.66. The lowest BCUT2D eigenvalue weighted by molar-refractivity contribution is -0.0311. The van der Waals surface area contributed by atoms with Gasteiger partial charge in [-0.25, -0.2) is 0 Å². The van der Waals surface area contributed by atoms with Gasteiger partial charge in [0, 0.05) is 12.1 Å². The summed E-state index contributed by atoms with van der Waals surface area (Å²) in [5.41, 5.74) is 0.743. The zero-order valence-corrected chi connectivity index (χ0v) is 8.50. The Kier molecular flexibility index (Phi) is 1.11. The summed E-state index contributed by atoms with van der Waals surface area (Å²) in [7, 11) is 2.35. The molecule has 0 N–H and O–H groups in total. The molecule has 13 heavy (non-hydrogen) atoms. The number of hydrogen-bond acceptors (Lipinski definition) is 1. The van der Waals surface area contributed by atoms with Gasteiger partial charge in [0.2, 0.25) is 0 Å². The first-order chi connectivity index (χ1) is 6.29. The van der Waals surface area contributed by atoms with Crippen LogP contribution in [0.25, 0.3) is 0 Å². The van der Waals surface area contributed by atoms with Crippen molar-refractivity contribution >= 4 is 0 Å². The zero-order chi connectivity index (χ0) is 8.63. The van der Waals surface area contributed by atoms with Crippen molar-refractivity contribution in [1.82, 2.24) is 4.90 Å². The summed E-state index contributed by atoms with van der Waals surface area (Å²) in [6.45, 7) is 1.43. The van der Waals surface area contributed by atoms with Crippen molar-refractivity contribution in [2.24, 2.45) is 23.7 Å². The molecular formula is C12H19N. The van der Waals surface area contributed by atoms with Crippen molar-refractivity contribution in [1.29, 1.82) is 0 Å². The normalized spacial score (nSPS) is 67.6. The van der Waals surface area contributed by atoms with Crippen molar-refractivity contribution < 1.29 is 0 Å². The van der Waals surface area contributed by atoms with E-state index in [1.165, 1.54) is 6.54 Å². The highest BCUT2D eigenvalue weighted by atomic mass is 15.4. The monoisotopic (exact) mass is 177 g/mol. The van der Waals surface area contributed by atoms with Crippen molar-refractivity contribution in [2.45, 2.75) is 37.6 Å². The molecule has 4 aliphatic carbocycles. The van der Waals surface area contributed by atoms with E-state index in [9.17, 15) is 0 Å². The lowest BCUT2D eigenvalue weighted by Crippen LogP contribution is -2.52. The van der Waals surface area contributed by atoms with Gasteiger partial charge in [-0.05, 0) is 62.8 Å². The Morgan fingerprint density at radius 3 is 1.77 bits per heavy atom. The predicted octanol–water partition coefficient (Wildman–Crippen LogP) is 2.13. The lowest BCUT2D eigenvalue weighted by atomic mass is 9.51. The maximum atomic E-state index is 2.65. The van der Waals surface area contributed by atoms with Gasteiger partial charge in [-0.2, -0.15) is 0 Å². The van der Waals surface area contributed by atoms with Crippen LogP contribution in [-0.4, -0.2) is 24.0 Å². The van der Waals surface area contributed by atoms with E-state index in [-0.39, 0.29) is 0 Å². The average Bonchev–Trinajstić information content (AvgIpc) is 2.74. The molecule has 72 valence electrons. The van der Waals surface area contributed by atoms with Crippen LogP contribution < -0.4 is 0 Å². The molecular weight excluding hydrogens is 158 g/mol. The van der Waals surface area contributed by atoms with Crippen molar-refractivity contribution in [3.8, 4) is 0 Å². The SMILES string of the molecule is CN1CC12[C@H]1C[C@H]3C[C@H](C1)C[C@H]2C3. The number of hydrogen-bond donors (Lipinski definition) is 0. The molecule has 0 aromatic carbocycles. The molecule has 0 amide bonds. The third kappa shape index (κ3) is 0.707. The van der Waals surface area contributed by atoms with Crippen LogP contribution in [0.4, 0.5) is 0 Å². The Hall–Kier alpha value is -0.0400. The van der Waals surface area contributed by atoms with Crippen LogP contribution in [-0.2, 0) is 0 Å². The molecule has 4 saturated carbocycles. The molecule has 1 aliphatic heterocycles. The van der Waals surface area contributed by atoms with Crippen LogP contribution >= 0.6 is 0 Å². The molecule has 1 atom stereocenters. The standard InChI is InChI=1S/C12H19N/c1-13-7-12(13)10-3-8-2-9(5-10)6-11(12)4-8/h8-11H,2-7H2,1H3/t8-,9-,10-,11+,12?,13?. The van der Waals surface area contributed by atoms with Gasteiger partial charge in [-0.15, -0.1) is 0 Å². The van der Waals surface area contributed by atoms with Gasteiger partial charge in [-0.3, -0.25) is 4.90 Å². The molecule has 5 rings (SSSR count). The quantitative estimate of drug-likeness (QED) is 0.512. The van der Waals surface area contributed by atoms with Crippen LogP contribution in [0, 0.1) is 23.7 Å². The number of rotatable bonds is 0. The summed E-state index contributed by atoms with van der Waals surface area (Å²) in [5, 5.41) is 0. The van der Waals surface area contributed by atoms with Crippen molar-refractivity contribution in [3.63, 3.8) is 0 Å². The molecule has 4 bridgehead atoms. The summed E-state index contributed by atoms with van der Waals surface area (Å²) in [6, 6.07) is 0. The predicted molar refractivity (Wildman–Crippen MR) is 52.4 cm³/mol. The third-order valence-electron chi connectivity index (χ3n) is 5.65. The fourth-order valence-corrected chi connectivity index (χ4v) is 5.23. The maximum absolute atomic E-state index is 2.65. The molecule has 0 aromatic rings. The summed E-state index contributed by atoms with van der Waals surface area (Å²) < 4.78 is 0. The first kappa shape index (κ1) is 7.28. The minimum absolute atomic E-state index is 0.743. The Labute approximate surface area is 80.5 Å². The second kappa shape index (κ2) is 1.98. The molecule has 1 spiro atoms. The largest absolute Gasteiger partial charge is 0.297 e. The summed E-state index contributed by atoms with van der Waals surface area (Å²) in [6.07, 6.45) is 7.91. The van der Waals surface area contributed by atoms with Crippen LogP contribution in [0.5, 0.6) is 0 Å². The van der Waals surface area contributed by atoms with Gasteiger partial charge < -0.3 is 0 Å². The fourth-order valence-electron chi connectivity index (χ4n) is 5.23. The molecule has 0 aromatic heterocycles. The molecule has 1 unspecified atom stereocenters. The second-order valence-electron chi connectivity index (χ2n) is 6.15. The minimum Gasteiger partial charge on any atom is -0.297 e. The molecule has 1 heteroatoms. The Balaban J connectivity index is 1.75. The topological polar surface area (TPSA) is 3.01 Å². The number of nitrogens with zero attached hydrogens (tertiary/aromatic N) is 1. The van der Waals surface area contributed by atoms with Gasteiger partial charge in [0.15, 0.2) is 0 Å².